The van der Waals surface area contributed by atoms with Gasteiger partial charge in [0.1, 0.15) is 17.1 Å². The van der Waals surface area contributed by atoms with Gasteiger partial charge in [-0.2, -0.15) is 4.98 Å². The first kappa shape index (κ1) is 28.1. The number of aliphatic imine (C=N–C) groups is 2. The molecule has 0 amide bonds. The zero-order valence-electron chi connectivity index (χ0n) is 22.4. The van der Waals surface area contributed by atoms with Crippen molar-refractivity contribution in [3.8, 4) is 34.0 Å². The molecule has 0 aliphatic rings. The van der Waals surface area contributed by atoms with Gasteiger partial charge in [-0.25, -0.2) is 18.6 Å². The Bertz CT molecular complexity index is 1830. The Kier molecular flexibility index (Phi) is 8.02. The molecule has 42 heavy (non-hydrogen) atoms. The van der Waals surface area contributed by atoms with Gasteiger partial charge in [0.05, 0.1) is 29.5 Å². The molecular formula is C31H26F2N6O3. The molecule has 0 fully saturated rings. The van der Waals surface area contributed by atoms with Crippen LogP contribution in [-0.2, 0) is 0 Å². The zero-order valence-corrected chi connectivity index (χ0v) is 22.4. The van der Waals surface area contributed by atoms with Crippen LogP contribution in [0.3, 0.4) is 0 Å². The fourth-order valence-corrected chi connectivity index (χ4v) is 4.47. The van der Waals surface area contributed by atoms with Gasteiger partial charge in [0.2, 0.25) is 0 Å². The van der Waals surface area contributed by atoms with Gasteiger partial charge in [-0.05, 0) is 41.3 Å². The summed E-state index contributed by atoms with van der Waals surface area (Å²) in [5.74, 6) is -2.08. The average Bonchev–Trinajstić information content (AvgIpc) is 3.39. The molecule has 1 heterocycles. The molecule has 0 aliphatic heterocycles. The summed E-state index contributed by atoms with van der Waals surface area (Å²) in [4.78, 5) is 26.7. The van der Waals surface area contributed by atoms with Crippen LogP contribution < -0.4 is 16.2 Å². The van der Waals surface area contributed by atoms with Gasteiger partial charge >= 0.3 is 5.97 Å². The lowest BCUT2D eigenvalue weighted by Crippen LogP contribution is -2.07. The fraction of sp³-hybridized carbons (Fsp3) is 0.0968. The third-order valence-electron chi connectivity index (χ3n) is 6.54. The number of hydrogen-bond acceptors (Lipinski definition) is 5. The standard InChI is InChI=1S/C31H26F2N6O3/c1-17-2-11-22(14-23(17)30(40)41)42-31-38-25-15-24(32)26(27(33)28(25)39-31)20-7-3-18(4-8-20)19-5-9-21(10-6-19)29(37-16-35)36-13-12-34/h2-11,14-16H,12-13,34H2,1H3,(H,38,39)(H,40,41)(H2,35,36,37). The van der Waals surface area contributed by atoms with Gasteiger partial charge in [0, 0.05) is 18.2 Å². The minimum atomic E-state index is -1.11. The average molecular weight is 569 g/mol. The molecule has 4 aromatic carbocycles. The summed E-state index contributed by atoms with van der Waals surface area (Å²) in [6.07, 6.45) is 1.18. The van der Waals surface area contributed by atoms with E-state index in [-0.39, 0.29) is 33.9 Å². The summed E-state index contributed by atoms with van der Waals surface area (Å²) in [5, 5.41) is 9.35. The quantitative estimate of drug-likeness (QED) is 0.140. The van der Waals surface area contributed by atoms with Gasteiger partial charge in [0.15, 0.2) is 11.7 Å². The number of carboxylic acid groups (broad SMARTS) is 1. The number of carbonyl (C=O) groups is 1. The number of ether oxygens (including phenoxy) is 1. The predicted molar refractivity (Wildman–Crippen MR) is 158 cm³/mol. The number of amidine groups is 1. The van der Waals surface area contributed by atoms with E-state index in [1.54, 1.807) is 43.3 Å². The van der Waals surface area contributed by atoms with Crippen LogP contribution in [0.2, 0.25) is 0 Å². The number of aromatic carboxylic acids is 1. The van der Waals surface area contributed by atoms with Crippen LogP contribution in [0.25, 0.3) is 33.3 Å². The number of nitrogens with two attached hydrogens (primary N) is 2. The zero-order chi connectivity index (χ0) is 29.8. The van der Waals surface area contributed by atoms with Gasteiger partial charge in [-0.15, -0.1) is 0 Å². The number of H-pyrrole nitrogens is 1. The molecule has 0 spiro atoms. The van der Waals surface area contributed by atoms with Crippen molar-refractivity contribution in [1.82, 2.24) is 9.97 Å². The van der Waals surface area contributed by atoms with Gasteiger partial charge in [-0.3, -0.25) is 4.99 Å². The molecule has 0 radical (unpaired) electrons. The highest BCUT2D eigenvalue weighted by atomic mass is 19.1. The summed E-state index contributed by atoms with van der Waals surface area (Å²) in [7, 11) is 0. The molecule has 0 unspecified atom stereocenters. The lowest BCUT2D eigenvalue weighted by Gasteiger charge is -2.08. The molecule has 9 nitrogen and oxygen atoms in total. The number of aromatic nitrogens is 2. The van der Waals surface area contributed by atoms with Crippen LogP contribution in [0, 0.1) is 18.6 Å². The highest BCUT2D eigenvalue weighted by Crippen LogP contribution is 2.34. The topological polar surface area (TPSA) is 152 Å². The number of imidazole rings is 1. The molecule has 5 rings (SSSR count). The van der Waals surface area contributed by atoms with Crippen molar-refractivity contribution in [3.63, 3.8) is 0 Å². The maximum atomic E-state index is 15.6. The first-order valence-corrected chi connectivity index (χ1v) is 12.9. The van der Waals surface area contributed by atoms with E-state index >= 15 is 8.78 Å². The Labute approximate surface area is 239 Å². The maximum Gasteiger partial charge on any atom is 0.336 e. The number of hydrogen-bond donors (Lipinski definition) is 4. The predicted octanol–water partition coefficient (Wildman–Crippen LogP) is 5.67. The van der Waals surface area contributed by atoms with Crippen molar-refractivity contribution in [1.29, 1.82) is 0 Å². The van der Waals surface area contributed by atoms with E-state index in [0.717, 1.165) is 22.8 Å². The summed E-state index contributed by atoms with van der Waals surface area (Å²) >= 11 is 0. The minimum absolute atomic E-state index is 0.0596. The van der Waals surface area contributed by atoms with E-state index in [1.807, 2.05) is 24.3 Å². The highest BCUT2D eigenvalue weighted by Gasteiger charge is 2.20. The lowest BCUT2D eigenvalue weighted by molar-refractivity contribution is 0.0695. The Balaban J connectivity index is 1.41. The molecule has 0 atom stereocenters. The maximum absolute atomic E-state index is 15.6. The van der Waals surface area contributed by atoms with Crippen LogP contribution in [-0.4, -0.2) is 46.3 Å². The molecule has 0 saturated heterocycles. The first-order valence-electron chi connectivity index (χ1n) is 12.9. The minimum Gasteiger partial charge on any atom is -0.478 e. The second-order valence-corrected chi connectivity index (χ2v) is 9.30. The van der Waals surface area contributed by atoms with Gasteiger partial charge < -0.3 is 26.3 Å². The van der Waals surface area contributed by atoms with Gasteiger partial charge in [-0.1, -0.05) is 54.6 Å². The first-order chi connectivity index (χ1) is 20.3. The van der Waals surface area contributed by atoms with Crippen molar-refractivity contribution >= 4 is 29.2 Å². The van der Waals surface area contributed by atoms with Crippen molar-refractivity contribution in [2.45, 2.75) is 6.92 Å². The Morgan fingerprint density at radius 1 is 1.02 bits per heavy atom. The number of benzene rings is 4. The molecule has 0 saturated carbocycles. The van der Waals surface area contributed by atoms with Crippen LogP contribution in [0.5, 0.6) is 11.8 Å². The summed E-state index contributed by atoms with van der Waals surface area (Å²) < 4.78 is 36.4. The largest absolute Gasteiger partial charge is 0.478 e. The smallest absolute Gasteiger partial charge is 0.336 e. The molecule has 0 aliphatic carbocycles. The number of carboxylic acids is 1. The third-order valence-corrected chi connectivity index (χ3v) is 6.54. The molecule has 212 valence electrons. The van der Waals surface area contributed by atoms with E-state index in [0.29, 0.717) is 30.1 Å². The number of rotatable bonds is 8. The fourth-order valence-electron chi connectivity index (χ4n) is 4.47. The molecule has 11 heteroatoms. The molecule has 6 N–H and O–H groups in total. The number of aryl methyl sites for hydroxylation is 1. The van der Waals surface area contributed by atoms with Crippen molar-refractivity contribution in [2.24, 2.45) is 21.5 Å². The number of nitrogens with zero attached hydrogens (tertiary/aromatic N) is 3. The van der Waals surface area contributed by atoms with E-state index in [2.05, 4.69) is 20.0 Å². The molecule has 0 bridgehead atoms. The second-order valence-electron chi connectivity index (χ2n) is 9.30. The third kappa shape index (κ3) is 5.72. The Hall–Kier alpha value is -5.42. The SMILES string of the molecule is Cc1ccc(Oc2nc3c(F)c(-c4ccc(-c5ccc(C(N=CN)=NCCN)cc5)cc4)c(F)cc3[nH]2)cc1C(=O)O. The Morgan fingerprint density at radius 2 is 1.69 bits per heavy atom. The van der Waals surface area contributed by atoms with E-state index < -0.39 is 17.6 Å². The van der Waals surface area contributed by atoms with Gasteiger partial charge in [0.25, 0.3) is 6.01 Å². The summed E-state index contributed by atoms with van der Waals surface area (Å²) in [6.45, 7) is 2.47. The van der Waals surface area contributed by atoms with E-state index in [9.17, 15) is 9.90 Å². The van der Waals surface area contributed by atoms with E-state index in [4.69, 9.17) is 16.2 Å². The summed E-state index contributed by atoms with van der Waals surface area (Å²) in [6, 6.07) is 19.8. The molecule has 5 aromatic rings. The number of aromatic amines is 1. The number of nitrogens with one attached hydrogen (secondary N) is 1. The Morgan fingerprint density at radius 3 is 2.33 bits per heavy atom. The summed E-state index contributed by atoms with van der Waals surface area (Å²) in [5.41, 5.74) is 14.2. The van der Waals surface area contributed by atoms with E-state index in [1.165, 1.54) is 12.4 Å². The van der Waals surface area contributed by atoms with Crippen LogP contribution in [0.15, 0.2) is 82.8 Å². The number of halogens is 2. The highest BCUT2D eigenvalue weighted by molar-refractivity contribution is 6.03. The second kappa shape index (κ2) is 12.0. The molecular weight excluding hydrogens is 542 g/mol. The monoisotopic (exact) mass is 568 g/mol. The number of fused-ring (bicyclic) bond motifs is 1. The van der Waals surface area contributed by atoms with Crippen molar-refractivity contribution < 1.29 is 23.4 Å². The van der Waals surface area contributed by atoms with Crippen molar-refractivity contribution in [3.05, 3.63) is 101 Å². The van der Waals surface area contributed by atoms with Crippen LogP contribution >= 0.6 is 0 Å². The van der Waals surface area contributed by atoms with Crippen molar-refractivity contribution in [2.75, 3.05) is 13.1 Å². The normalized spacial score (nSPS) is 11.9. The molecule has 1 aromatic heterocycles. The lowest BCUT2D eigenvalue weighted by atomic mass is 9.98. The van der Waals surface area contributed by atoms with Crippen LogP contribution in [0.1, 0.15) is 21.5 Å². The van der Waals surface area contributed by atoms with Crippen LogP contribution in [0.4, 0.5) is 8.78 Å².